The Morgan fingerprint density at radius 1 is 1.27 bits per heavy atom. The molecule has 7 heteroatoms. The first-order valence-corrected chi connectivity index (χ1v) is 9.31. The summed E-state index contributed by atoms with van der Waals surface area (Å²) in [5.41, 5.74) is 0.697. The van der Waals surface area contributed by atoms with Crippen molar-refractivity contribution >= 4 is 5.91 Å². The van der Waals surface area contributed by atoms with E-state index in [2.05, 4.69) is 15.5 Å². The van der Waals surface area contributed by atoms with Crippen molar-refractivity contribution in [3.8, 4) is 5.75 Å². The number of ether oxygens (including phenoxy) is 1. The lowest BCUT2D eigenvalue weighted by Gasteiger charge is -2.24. The minimum atomic E-state index is 0.0941. The molecule has 3 heterocycles. The monoisotopic (exact) mass is 356 g/mol. The fourth-order valence-corrected chi connectivity index (χ4v) is 3.64. The van der Waals surface area contributed by atoms with E-state index in [9.17, 15) is 4.79 Å². The summed E-state index contributed by atoms with van der Waals surface area (Å²) >= 11 is 0. The molecule has 2 aromatic rings. The Kier molecular flexibility index (Phi) is 4.88. The van der Waals surface area contributed by atoms with E-state index in [0.29, 0.717) is 41.5 Å². The van der Waals surface area contributed by atoms with E-state index in [1.54, 1.807) is 0 Å². The molecule has 2 bridgehead atoms. The second-order valence-corrected chi connectivity index (χ2v) is 6.95. The maximum Gasteiger partial charge on any atom is 0.253 e. The highest BCUT2D eigenvalue weighted by Gasteiger charge is 2.31. The quantitative estimate of drug-likeness (QED) is 0.884. The molecule has 0 aliphatic carbocycles. The average molecular weight is 356 g/mol. The lowest BCUT2D eigenvalue weighted by molar-refractivity contribution is 0.0748. The predicted octanol–water partition coefficient (Wildman–Crippen LogP) is 2.18. The fraction of sp³-hybridized carbons (Fsp3) is 0.526. The molecule has 2 aliphatic heterocycles. The van der Waals surface area contributed by atoms with Gasteiger partial charge in [0.15, 0.2) is 6.61 Å². The number of rotatable bonds is 5. The molecule has 0 radical (unpaired) electrons. The standard InChI is InChI=1S/C19H24N4O3/c1-2-18-21-17(22-26-18)12-25-16-7-3-13(4-8-16)19(24)23-10-9-14-5-6-15(11-23)20-14/h3-4,7-8,14-15,20H,2,5-6,9-12H2,1H3. The van der Waals surface area contributed by atoms with E-state index in [4.69, 9.17) is 9.26 Å². The van der Waals surface area contributed by atoms with Gasteiger partial charge in [0.25, 0.3) is 5.91 Å². The molecule has 0 saturated carbocycles. The van der Waals surface area contributed by atoms with Crippen LogP contribution in [0.4, 0.5) is 0 Å². The molecule has 138 valence electrons. The zero-order valence-electron chi connectivity index (χ0n) is 15.0. The van der Waals surface area contributed by atoms with Gasteiger partial charge in [-0.25, -0.2) is 0 Å². The van der Waals surface area contributed by atoms with Gasteiger partial charge in [0.1, 0.15) is 5.75 Å². The SMILES string of the molecule is CCc1nc(COc2ccc(C(=O)N3CCC4CCC(C3)N4)cc2)no1. The summed E-state index contributed by atoms with van der Waals surface area (Å²) in [4.78, 5) is 19.0. The van der Waals surface area contributed by atoms with E-state index < -0.39 is 0 Å². The van der Waals surface area contributed by atoms with Crippen molar-refractivity contribution < 1.29 is 14.1 Å². The van der Waals surface area contributed by atoms with Crippen molar-refractivity contribution in [3.63, 3.8) is 0 Å². The maximum absolute atomic E-state index is 12.8. The van der Waals surface area contributed by atoms with Crippen LogP contribution < -0.4 is 10.1 Å². The number of benzene rings is 1. The van der Waals surface area contributed by atoms with Crippen molar-refractivity contribution in [1.82, 2.24) is 20.4 Å². The first kappa shape index (κ1) is 17.0. The molecule has 4 rings (SSSR count). The predicted molar refractivity (Wildman–Crippen MR) is 94.9 cm³/mol. The van der Waals surface area contributed by atoms with Crippen LogP contribution in [0.15, 0.2) is 28.8 Å². The van der Waals surface area contributed by atoms with Crippen LogP contribution in [0.2, 0.25) is 0 Å². The molecule has 1 aromatic heterocycles. The van der Waals surface area contributed by atoms with Gasteiger partial charge in [0.2, 0.25) is 11.7 Å². The van der Waals surface area contributed by atoms with E-state index in [0.717, 1.165) is 25.9 Å². The minimum absolute atomic E-state index is 0.0941. The number of fused-ring (bicyclic) bond motifs is 2. The largest absolute Gasteiger partial charge is 0.485 e. The lowest BCUT2D eigenvalue weighted by Crippen LogP contribution is -2.39. The summed E-state index contributed by atoms with van der Waals surface area (Å²) < 4.78 is 10.7. The zero-order valence-corrected chi connectivity index (χ0v) is 15.0. The Morgan fingerprint density at radius 3 is 2.85 bits per heavy atom. The molecule has 26 heavy (non-hydrogen) atoms. The zero-order chi connectivity index (χ0) is 17.9. The number of carbonyl (C=O) groups excluding carboxylic acids is 1. The van der Waals surface area contributed by atoms with Crippen molar-refractivity contribution in [2.45, 2.75) is 51.3 Å². The minimum Gasteiger partial charge on any atom is -0.485 e. The number of aromatic nitrogens is 2. The number of hydrogen-bond acceptors (Lipinski definition) is 6. The van der Waals surface area contributed by atoms with Crippen molar-refractivity contribution in [1.29, 1.82) is 0 Å². The third-order valence-corrected chi connectivity index (χ3v) is 5.09. The van der Waals surface area contributed by atoms with E-state index in [1.165, 1.54) is 6.42 Å². The summed E-state index contributed by atoms with van der Waals surface area (Å²) in [6.07, 6.45) is 4.14. The summed E-state index contributed by atoms with van der Waals surface area (Å²) in [6, 6.07) is 8.29. The van der Waals surface area contributed by atoms with Crippen molar-refractivity contribution in [3.05, 3.63) is 41.5 Å². The molecule has 2 fully saturated rings. The highest BCUT2D eigenvalue weighted by molar-refractivity contribution is 5.94. The summed E-state index contributed by atoms with van der Waals surface area (Å²) in [6.45, 7) is 3.82. The van der Waals surface area contributed by atoms with Crippen LogP contribution in [-0.4, -0.2) is 46.1 Å². The molecule has 7 nitrogen and oxygen atoms in total. The highest BCUT2D eigenvalue weighted by atomic mass is 16.5. The van der Waals surface area contributed by atoms with Gasteiger partial charge in [0.05, 0.1) is 0 Å². The van der Waals surface area contributed by atoms with Gasteiger partial charge in [-0.1, -0.05) is 12.1 Å². The average Bonchev–Trinajstić information content (AvgIpc) is 3.26. The van der Waals surface area contributed by atoms with Crippen molar-refractivity contribution in [2.24, 2.45) is 0 Å². The Hall–Kier alpha value is -2.41. The molecule has 2 aliphatic rings. The number of aryl methyl sites for hydroxylation is 1. The van der Waals surface area contributed by atoms with Crippen LogP contribution in [0, 0.1) is 0 Å². The van der Waals surface area contributed by atoms with Crippen LogP contribution in [0.25, 0.3) is 0 Å². The smallest absolute Gasteiger partial charge is 0.253 e. The lowest BCUT2D eigenvalue weighted by atomic mass is 10.1. The number of amides is 1. The normalized spacial score (nSPS) is 22.3. The summed E-state index contributed by atoms with van der Waals surface area (Å²) in [5.74, 6) is 1.90. The maximum atomic E-state index is 12.8. The van der Waals surface area contributed by atoms with Gasteiger partial charge in [-0.15, -0.1) is 0 Å². The van der Waals surface area contributed by atoms with Crippen LogP contribution in [0.3, 0.4) is 0 Å². The number of likely N-dealkylation sites (tertiary alicyclic amines) is 1. The first-order chi connectivity index (χ1) is 12.7. The molecular weight excluding hydrogens is 332 g/mol. The van der Waals surface area contributed by atoms with Crippen LogP contribution in [-0.2, 0) is 13.0 Å². The molecule has 1 N–H and O–H groups in total. The van der Waals surface area contributed by atoms with E-state index >= 15 is 0 Å². The van der Waals surface area contributed by atoms with Gasteiger partial charge in [-0.3, -0.25) is 4.79 Å². The Bertz CT molecular complexity index is 758. The highest BCUT2D eigenvalue weighted by Crippen LogP contribution is 2.22. The van der Waals surface area contributed by atoms with E-state index in [-0.39, 0.29) is 12.5 Å². The number of nitrogens with zero attached hydrogens (tertiary/aromatic N) is 3. The van der Waals surface area contributed by atoms with Gasteiger partial charge in [-0.05, 0) is 43.5 Å². The number of nitrogens with one attached hydrogen (secondary N) is 1. The Morgan fingerprint density at radius 2 is 2.08 bits per heavy atom. The van der Waals surface area contributed by atoms with Gasteiger partial charge in [0, 0.05) is 37.2 Å². The Labute approximate surface area is 152 Å². The van der Waals surface area contributed by atoms with Crippen LogP contribution >= 0.6 is 0 Å². The molecule has 2 atom stereocenters. The van der Waals surface area contributed by atoms with Crippen LogP contribution in [0.1, 0.15) is 48.3 Å². The first-order valence-electron chi connectivity index (χ1n) is 9.31. The van der Waals surface area contributed by atoms with Crippen molar-refractivity contribution in [2.75, 3.05) is 13.1 Å². The molecule has 2 saturated heterocycles. The summed E-state index contributed by atoms with van der Waals surface area (Å²) in [5, 5.41) is 7.46. The molecular formula is C19H24N4O3. The molecule has 0 spiro atoms. The Balaban J connectivity index is 1.35. The number of carbonyl (C=O) groups is 1. The second kappa shape index (κ2) is 7.45. The molecule has 2 unspecified atom stereocenters. The fourth-order valence-electron chi connectivity index (χ4n) is 3.64. The van der Waals surface area contributed by atoms with Crippen LogP contribution in [0.5, 0.6) is 5.75 Å². The topological polar surface area (TPSA) is 80.5 Å². The number of hydrogen-bond donors (Lipinski definition) is 1. The third kappa shape index (κ3) is 3.72. The van der Waals surface area contributed by atoms with E-state index in [1.807, 2.05) is 36.1 Å². The third-order valence-electron chi connectivity index (χ3n) is 5.09. The molecule has 1 aromatic carbocycles. The second-order valence-electron chi connectivity index (χ2n) is 6.95. The summed E-state index contributed by atoms with van der Waals surface area (Å²) in [7, 11) is 0. The van der Waals surface area contributed by atoms with Gasteiger partial charge >= 0.3 is 0 Å². The molecule has 1 amide bonds. The van der Waals surface area contributed by atoms with Gasteiger partial charge < -0.3 is 19.5 Å². The van der Waals surface area contributed by atoms with Gasteiger partial charge in [-0.2, -0.15) is 4.98 Å².